The third kappa shape index (κ3) is 9.17. The molecule has 0 aliphatic heterocycles. The second-order valence-corrected chi connectivity index (χ2v) is 5.41. The first-order valence-corrected chi connectivity index (χ1v) is 6.90. The molecule has 2 heteroatoms. The average molecular weight is 229 g/mol. The smallest absolute Gasteiger partial charge is 0.0722 e. The summed E-state index contributed by atoms with van der Waals surface area (Å²) in [4.78, 5) is 0. The summed E-state index contributed by atoms with van der Waals surface area (Å²) >= 11 is 0. The molecule has 1 unspecified atom stereocenters. The Balaban J connectivity index is 3.63. The first-order chi connectivity index (χ1) is 7.57. The molecular weight excluding hydrogens is 198 g/mol. The van der Waals surface area contributed by atoms with E-state index >= 15 is 0 Å². The minimum atomic E-state index is 0.371. The summed E-state index contributed by atoms with van der Waals surface area (Å²) in [7, 11) is 0. The van der Waals surface area contributed by atoms with Crippen LogP contribution in [0.2, 0.25) is 0 Å². The Bertz CT molecular complexity index is 146. The van der Waals surface area contributed by atoms with E-state index in [1.807, 2.05) is 0 Å². The molecule has 0 aromatic carbocycles. The van der Waals surface area contributed by atoms with Crippen LogP contribution in [0, 0.1) is 11.8 Å². The van der Waals surface area contributed by atoms with E-state index in [1.165, 1.54) is 19.3 Å². The number of rotatable bonds is 10. The fourth-order valence-corrected chi connectivity index (χ4v) is 1.59. The first-order valence-electron chi connectivity index (χ1n) is 6.90. The van der Waals surface area contributed by atoms with Gasteiger partial charge in [0.25, 0.3) is 0 Å². The fraction of sp³-hybridized carbons (Fsp3) is 1.00. The van der Waals surface area contributed by atoms with Gasteiger partial charge in [0, 0.05) is 13.2 Å². The third-order valence-corrected chi connectivity index (χ3v) is 2.72. The normalized spacial score (nSPS) is 13.7. The van der Waals surface area contributed by atoms with Crippen LogP contribution in [0.1, 0.15) is 53.9 Å². The number of hydrogen-bond acceptors (Lipinski definition) is 2. The van der Waals surface area contributed by atoms with E-state index < -0.39 is 0 Å². The molecule has 0 radical (unpaired) electrons. The molecule has 0 aromatic rings. The van der Waals surface area contributed by atoms with Crippen LogP contribution in [-0.4, -0.2) is 25.8 Å². The van der Waals surface area contributed by atoms with Crippen molar-refractivity contribution in [2.75, 3.05) is 19.7 Å². The Hall–Kier alpha value is -0.0800. The lowest BCUT2D eigenvalue weighted by molar-refractivity contribution is 0.0206. The van der Waals surface area contributed by atoms with Gasteiger partial charge in [-0.25, -0.2) is 0 Å². The molecule has 0 aliphatic rings. The van der Waals surface area contributed by atoms with Crippen LogP contribution in [0.15, 0.2) is 0 Å². The minimum absolute atomic E-state index is 0.371. The highest BCUT2D eigenvalue weighted by atomic mass is 16.5. The van der Waals surface area contributed by atoms with Crippen molar-refractivity contribution in [2.24, 2.45) is 11.8 Å². The molecule has 0 saturated heterocycles. The van der Waals surface area contributed by atoms with Crippen molar-refractivity contribution in [3.8, 4) is 0 Å². The maximum atomic E-state index is 5.92. The Kier molecular flexibility index (Phi) is 10.0. The molecule has 2 nitrogen and oxygen atoms in total. The quantitative estimate of drug-likeness (QED) is 0.579. The van der Waals surface area contributed by atoms with E-state index in [9.17, 15) is 0 Å². The van der Waals surface area contributed by atoms with Crippen LogP contribution in [0.5, 0.6) is 0 Å². The molecule has 0 saturated carbocycles. The van der Waals surface area contributed by atoms with Gasteiger partial charge in [-0.05, 0) is 24.8 Å². The van der Waals surface area contributed by atoms with E-state index in [0.717, 1.165) is 19.7 Å². The van der Waals surface area contributed by atoms with Gasteiger partial charge >= 0.3 is 0 Å². The predicted molar refractivity (Wildman–Crippen MR) is 71.8 cm³/mol. The molecular formula is C14H31NO. The summed E-state index contributed by atoms with van der Waals surface area (Å²) in [6, 6.07) is 0. The van der Waals surface area contributed by atoms with E-state index in [1.54, 1.807) is 0 Å². The highest BCUT2D eigenvalue weighted by Gasteiger charge is 2.13. The Morgan fingerprint density at radius 1 is 1.00 bits per heavy atom. The summed E-state index contributed by atoms with van der Waals surface area (Å²) in [5, 5.41) is 3.48. The molecule has 0 rings (SSSR count). The zero-order valence-electron chi connectivity index (χ0n) is 11.9. The lowest BCUT2D eigenvalue weighted by atomic mass is 10.1. The first kappa shape index (κ1) is 15.9. The van der Waals surface area contributed by atoms with Gasteiger partial charge in [-0.1, -0.05) is 47.5 Å². The fourth-order valence-electron chi connectivity index (χ4n) is 1.59. The van der Waals surface area contributed by atoms with Gasteiger partial charge < -0.3 is 10.1 Å². The van der Waals surface area contributed by atoms with Gasteiger partial charge in [0.1, 0.15) is 0 Å². The van der Waals surface area contributed by atoms with Crippen molar-refractivity contribution in [1.29, 1.82) is 0 Å². The second-order valence-electron chi connectivity index (χ2n) is 5.41. The summed E-state index contributed by atoms with van der Waals surface area (Å²) in [5.74, 6) is 1.31. The van der Waals surface area contributed by atoms with Gasteiger partial charge in [-0.15, -0.1) is 0 Å². The van der Waals surface area contributed by atoms with E-state index in [0.29, 0.717) is 17.9 Å². The van der Waals surface area contributed by atoms with Crippen LogP contribution in [-0.2, 0) is 4.74 Å². The topological polar surface area (TPSA) is 21.3 Å². The van der Waals surface area contributed by atoms with Crippen LogP contribution in [0.25, 0.3) is 0 Å². The number of nitrogens with one attached hydrogen (secondary N) is 1. The van der Waals surface area contributed by atoms with Gasteiger partial charge in [-0.3, -0.25) is 0 Å². The minimum Gasteiger partial charge on any atom is -0.377 e. The van der Waals surface area contributed by atoms with Crippen molar-refractivity contribution in [3.63, 3.8) is 0 Å². The molecule has 98 valence electrons. The largest absolute Gasteiger partial charge is 0.377 e. The molecule has 0 bridgehead atoms. The Labute approximate surface area is 102 Å². The molecule has 1 atom stereocenters. The van der Waals surface area contributed by atoms with Gasteiger partial charge in [0.2, 0.25) is 0 Å². The summed E-state index contributed by atoms with van der Waals surface area (Å²) in [5.41, 5.74) is 0. The van der Waals surface area contributed by atoms with Crippen molar-refractivity contribution >= 4 is 0 Å². The second kappa shape index (κ2) is 10.1. The van der Waals surface area contributed by atoms with Gasteiger partial charge in [0.15, 0.2) is 0 Å². The van der Waals surface area contributed by atoms with Crippen LogP contribution < -0.4 is 5.32 Å². The van der Waals surface area contributed by atoms with Crippen LogP contribution >= 0.6 is 0 Å². The molecule has 0 heterocycles. The maximum Gasteiger partial charge on any atom is 0.0722 e. The number of unbranched alkanes of at least 4 members (excludes halogenated alkanes) is 2. The highest BCUT2D eigenvalue weighted by molar-refractivity contribution is 4.66. The van der Waals surface area contributed by atoms with Crippen molar-refractivity contribution in [3.05, 3.63) is 0 Å². The third-order valence-electron chi connectivity index (χ3n) is 2.72. The van der Waals surface area contributed by atoms with Crippen LogP contribution in [0.3, 0.4) is 0 Å². The SMILES string of the molecule is CCCCCOC(CNCC(C)C)C(C)C. The Morgan fingerprint density at radius 3 is 2.19 bits per heavy atom. The van der Waals surface area contributed by atoms with E-state index in [4.69, 9.17) is 4.74 Å². The maximum absolute atomic E-state index is 5.92. The van der Waals surface area contributed by atoms with E-state index in [-0.39, 0.29) is 0 Å². The molecule has 0 amide bonds. The summed E-state index contributed by atoms with van der Waals surface area (Å²) in [6.07, 6.45) is 4.12. The van der Waals surface area contributed by atoms with Gasteiger partial charge in [-0.2, -0.15) is 0 Å². The highest BCUT2D eigenvalue weighted by Crippen LogP contribution is 2.07. The molecule has 0 aromatic heterocycles. The zero-order chi connectivity index (χ0) is 12.4. The monoisotopic (exact) mass is 229 g/mol. The van der Waals surface area contributed by atoms with E-state index in [2.05, 4.69) is 39.9 Å². The Morgan fingerprint density at radius 2 is 1.69 bits per heavy atom. The molecule has 0 fully saturated rings. The molecule has 0 aliphatic carbocycles. The molecule has 0 spiro atoms. The molecule has 16 heavy (non-hydrogen) atoms. The average Bonchev–Trinajstić information content (AvgIpc) is 2.20. The summed E-state index contributed by atoms with van der Waals surface area (Å²) in [6.45, 7) is 14.2. The zero-order valence-corrected chi connectivity index (χ0v) is 11.9. The predicted octanol–water partition coefficient (Wildman–Crippen LogP) is 3.46. The van der Waals surface area contributed by atoms with Crippen molar-refractivity contribution in [2.45, 2.75) is 60.0 Å². The number of ether oxygens (including phenoxy) is 1. The van der Waals surface area contributed by atoms with Gasteiger partial charge in [0.05, 0.1) is 6.10 Å². The van der Waals surface area contributed by atoms with Crippen molar-refractivity contribution < 1.29 is 4.74 Å². The van der Waals surface area contributed by atoms with Crippen molar-refractivity contribution in [1.82, 2.24) is 5.32 Å². The lowest BCUT2D eigenvalue weighted by Crippen LogP contribution is -2.35. The molecule has 1 N–H and O–H groups in total. The van der Waals surface area contributed by atoms with Crippen LogP contribution in [0.4, 0.5) is 0 Å². The standard InChI is InChI=1S/C14H31NO/c1-6-7-8-9-16-14(13(4)5)11-15-10-12(2)3/h12-15H,6-11H2,1-5H3. The number of hydrogen-bond donors (Lipinski definition) is 1. The summed E-state index contributed by atoms with van der Waals surface area (Å²) < 4.78 is 5.92. The lowest BCUT2D eigenvalue weighted by Gasteiger charge is -2.22.